The number of hydrogen-bond acceptors (Lipinski definition) is 5. The second kappa shape index (κ2) is 9.17. The van der Waals surface area contributed by atoms with Crippen LogP contribution in [0.15, 0.2) is 18.5 Å². The second-order valence-corrected chi connectivity index (χ2v) is 9.73. The van der Waals surface area contributed by atoms with Crippen LogP contribution in [0.4, 0.5) is 5.82 Å². The van der Waals surface area contributed by atoms with Gasteiger partial charge in [0.1, 0.15) is 23.5 Å². The van der Waals surface area contributed by atoms with Crippen molar-refractivity contribution in [2.45, 2.75) is 52.0 Å². The molecule has 0 aromatic carbocycles. The summed E-state index contributed by atoms with van der Waals surface area (Å²) < 4.78 is 2.06. The first-order valence-electron chi connectivity index (χ1n) is 12.4. The maximum Gasteiger partial charge on any atom is 0.227 e. The van der Waals surface area contributed by atoms with Crippen LogP contribution in [0.3, 0.4) is 0 Å². The molecule has 5 rings (SSSR count). The highest BCUT2D eigenvalue weighted by Gasteiger charge is 2.34. The van der Waals surface area contributed by atoms with E-state index in [1.165, 1.54) is 6.33 Å². The van der Waals surface area contributed by atoms with E-state index in [9.17, 15) is 4.79 Å². The molecule has 1 amide bonds. The molecule has 2 atom stereocenters. The molecule has 2 aliphatic rings. The number of carbonyl (C=O) groups is 1. The number of pyridine rings is 1. The van der Waals surface area contributed by atoms with Gasteiger partial charge in [-0.1, -0.05) is 17.9 Å². The molecule has 0 bridgehead atoms. The van der Waals surface area contributed by atoms with Gasteiger partial charge in [-0.05, 0) is 63.2 Å². The first-order chi connectivity index (χ1) is 17.3. The number of nitrogens with zero attached hydrogens (tertiary/aromatic N) is 5. The van der Waals surface area contributed by atoms with Gasteiger partial charge in [0, 0.05) is 36.3 Å². The van der Waals surface area contributed by atoms with Crippen LogP contribution in [-0.4, -0.2) is 42.9 Å². The van der Waals surface area contributed by atoms with Crippen molar-refractivity contribution in [3.8, 4) is 35.9 Å². The molecule has 182 valence electrons. The normalized spacial score (nSPS) is 19.7. The summed E-state index contributed by atoms with van der Waals surface area (Å²) in [5.41, 5.74) is 13.8. The average Bonchev–Trinajstić information content (AvgIpc) is 3.47. The van der Waals surface area contributed by atoms with Crippen molar-refractivity contribution in [2.75, 3.05) is 12.3 Å². The molecule has 1 fully saturated rings. The molecule has 3 aromatic heterocycles. The summed E-state index contributed by atoms with van der Waals surface area (Å²) in [6.07, 6.45) is 19.0. The van der Waals surface area contributed by atoms with Gasteiger partial charge < -0.3 is 15.2 Å². The summed E-state index contributed by atoms with van der Waals surface area (Å²) >= 11 is 0. The molecule has 1 aliphatic carbocycles. The number of carbonyl (C=O) groups excluding carboxylic acids is 1. The minimum atomic E-state index is -0.0751. The van der Waals surface area contributed by atoms with Gasteiger partial charge in [0.25, 0.3) is 0 Å². The summed E-state index contributed by atoms with van der Waals surface area (Å²) in [4.78, 5) is 28.7. The van der Waals surface area contributed by atoms with Crippen molar-refractivity contribution in [1.29, 1.82) is 0 Å². The van der Waals surface area contributed by atoms with Gasteiger partial charge in [-0.15, -0.1) is 12.8 Å². The fourth-order valence-electron chi connectivity index (χ4n) is 5.87. The van der Waals surface area contributed by atoms with Crippen molar-refractivity contribution >= 4 is 28.3 Å². The van der Waals surface area contributed by atoms with Crippen molar-refractivity contribution in [2.24, 2.45) is 13.0 Å². The van der Waals surface area contributed by atoms with E-state index < -0.39 is 0 Å². The zero-order valence-electron chi connectivity index (χ0n) is 21.0. The summed E-state index contributed by atoms with van der Waals surface area (Å²) in [6, 6.07) is 1.86. The van der Waals surface area contributed by atoms with Gasteiger partial charge in [0.15, 0.2) is 0 Å². The Bertz CT molecular complexity index is 1480. The van der Waals surface area contributed by atoms with Crippen LogP contribution in [0.2, 0.25) is 0 Å². The lowest BCUT2D eigenvalue weighted by molar-refractivity contribution is -0.135. The molecule has 1 saturated heterocycles. The van der Waals surface area contributed by atoms with Crippen LogP contribution in [0.25, 0.3) is 27.9 Å². The van der Waals surface area contributed by atoms with Crippen molar-refractivity contribution < 1.29 is 4.79 Å². The third-order valence-corrected chi connectivity index (χ3v) is 7.59. The van der Waals surface area contributed by atoms with E-state index >= 15 is 0 Å². The minimum Gasteiger partial charge on any atom is -0.383 e. The van der Waals surface area contributed by atoms with Gasteiger partial charge >= 0.3 is 0 Å². The zero-order valence-corrected chi connectivity index (χ0v) is 21.0. The Hall–Kier alpha value is -4.10. The number of aromatic nitrogens is 4. The SMILES string of the molecule is C#Cc1cc(C)c(-c2c(C3=CC[C@@H](C(=O)N4CCCC4C#C)CC3)c3c(N)ncnc3n2C)c(C)n1. The lowest BCUT2D eigenvalue weighted by Crippen LogP contribution is -2.39. The quantitative estimate of drug-likeness (QED) is 0.575. The molecule has 1 unspecified atom stereocenters. The molecular weight excluding hydrogens is 448 g/mol. The van der Waals surface area contributed by atoms with Gasteiger partial charge in [0.05, 0.1) is 17.1 Å². The number of fused-ring (bicyclic) bond motifs is 1. The average molecular weight is 479 g/mol. The summed E-state index contributed by atoms with van der Waals surface area (Å²) in [7, 11) is 1.99. The maximum absolute atomic E-state index is 13.3. The highest BCUT2D eigenvalue weighted by atomic mass is 16.2. The Labute approximate surface area is 211 Å². The summed E-state index contributed by atoms with van der Waals surface area (Å²) in [5.74, 6) is 5.98. The van der Waals surface area contributed by atoms with Gasteiger partial charge in [-0.3, -0.25) is 4.79 Å². The molecule has 4 heterocycles. The number of aryl methyl sites for hydroxylation is 3. The third kappa shape index (κ3) is 3.72. The largest absolute Gasteiger partial charge is 0.383 e. The van der Waals surface area contributed by atoms with E-state index in [0.29, 0.717) is 17.9 Å². The summed E-state index contributed by atoms with van der Waals surface area (Å²) in [6.45, 7) is 4.77. The fourth-order valence-corrected chi connectivity index (χ4v) is 5.87. The number of terminal acetylenes is 2. The predicted molar refractivity (Wildman–Crippen MR) is 142 cm³/mol. The van der Waals surface area contributed by atoms with Crippen LogP contribution < -0.4 is 5.73 Å². The Morgan fingerprint density at radius 1 is 1.19 bits per heavy atom. The highest BCUT2D eigenvalue weighted by molar-refractivity contribution is 6.05. The van der Waals surface area contributed by atoms with E-state index in [2.05, 4.69) is 37.4 Å². The minimum absolute atomic E-state index is 0.0604. The molecule has 0 spiro atoms. The smallest absolute Gasteiger partial charge is 0.227 e. The first-order valence-corrected chi connectivity index (χ1v) is 12.4. The standard InChI is InChI=1S/C29H30N6O/c1-6-21-15-17(3)23(18(4)33-21)26-24(25-27(30)31-16-32-28(25)34(26)5)19-10-12-20(13-11-19)29(36)35-14-8-9-22(35)7-2/h1-2,10,15-16,20,22H,8-9,11-14H2,3-5H3,(H2,30,31,32)/t20-,22?/m1/s1. The number of allylic oxidation sites excluding steroid dienone is 2. The van der Waals surface area contributed by atoms with Gasteiger partial charge in [0.2, 0.25) is 5.91 Å². The number of rotatable bonds is 3. The Morgan fingerprint density at radius 3 is 2.67 bits per heavy atom. The number of likely N-dealkylation sites (tertiary alicyclic amines) is 1. The monoisotopic (exact) mass is 478 g/mol. The molecule has 3 aromatic rings. The third-order valence-electron chi connectivity index (χ3n) is 7.59. The number of nitrogen functional groups attached to an aromatic ring is 1. The van der Waals surface area contributed by atoms with Crippen LogP contribution in [0.1, 0.15) is 54.6 Å². The van der Waals surface area contributed by atoms with Gasteiger partial charge in [-0.2, -0.15) is 0 Å². The molecule has 0 radical (unpaired) electrons. The van der Waals surface area contributed by atoms with E-state index in [1.54, 1.807) is 0 Å². The van der Waals surface area contributed by atoms with Crippen LogP contribution in [0.5, 0.6) is 0 Å². The number of nitrogens with two attached hydrogens (primary N) is 1. The van der Waals surface area contributed by atoms with E-state index in [-0.39, 0.29) is 17.9 Å². The van der Waals surface area contributed by atoms with Gasteiger partial charge in [-0.25, -0.2) is 15.0 Å². The molecular formula is C29H30N6O. The van der Waals surface area contributed by atoms with Crippen molar-refractivity contribution in [1.82, 2.24) is 24.4 Å². The van der Waals surface area contributed by atoms with Crippen LogP contribution in [0, 0.1) is 44.5 Å². The Morgan fingerprint density at radius 2 is 2.00 bits per heavy atom. The lowest BCUT2D eigenvalue weighted by atomic mass is 9.83. The lowest BCUT2D eigenvalue weighted by Gasteiger charge is -2.28. The highest BCUT2D eigenvalue weighted by Crippen LogP contribution is 2.44. The van der Waals surface area contributed by atoms with Crippen LogP contribution in [-0.2, 0) is 11.8 Å². The maximum atomic E-state index is 13.3. The summed E-state index contributed by atoms with van der Waals surface area (Å²) in [5, 5.41) is 0.831. The van der Waals surface area contributed by atoms with E-state index in [4.69, 9.17) is 18.6 Å². The van der Waals surface area contributed by atoms with Crippen molar-refractivity contribution in [3.05, 3.63) is 41.0 Å². The zero-order chi connectivity index (χ0) is 25.6. The molecule has 7 heteroatoms. The Balaban J connectivity index is 1.61. The molecule has 0 saturated carbocycles. The van der Waals surface area contributed by atoms with E-state index in [1.807, 2.05) is 31.9 Å². The first kappa shape index (κ1) is 23.6. The van der Waals surface area contributed by atoms with E-state index in [0.717, 1.165) is 76.9 Å². The number of anilines is 1. The fraction of sp³-hybridized carbons (Fsp3) is 0.379. The molecule has 36 heavy (non-hydrogen) atoms. The van der Waals surface area contributed by atoms with Crippen LogP contribution >= 0.6 is 0 Å². The molecule has 1 aliphatic heterocycles. The topological polar surface area (TPSA) is 89.9 Å². The molecule has 2 N–H and O–H groups in total. The number of hydrogen-bond donors (Lipinski definition) is 1. The second-order valence-electron chi connectivity index (χ2n) is 9.73. The van der Waals surface area contributed by atoms with Crippen molar-refractivity contribution in [3.63, 3.8) is 0 Å². The number of amides is 1. The Kier molecular flexibility index (Phi) is 6.02. The molecule has 7 nitrogen and oxygen atoms in total. The predicted octanol–water partition coefficient (Wildman–Crippen LogP) is 4.02.